The average Bonchev–Trinajstić information content (AvgIpc) is 2.97. The summed E-state index contributed by atoms with van der Waals surface area (Å²) >= 11 is 0. The Kier molecular flexibility index (Phi) is 26.5. The Morgan fingerprint density at radius 1 is 0.885 bits per heavy atom. The Labute approximate surface area is 190 Å². The number of halogens is 2. The van der Waals surface area contributed by atoms with Gasteiger partial charge in [0.2, 0.25) is 0 Å². The van der Waals surface area contributed by atoms with E-state index < -0.39 is 0 Å². The van der Waals surface area contributed by atoms with E-state index in [4.69, 9.17) is 5.73 Å². The number of fused-ring (bicyclic) bond motifs is 1. The van der Waals surface area contributed by atoms with Crippen LogP contribution in [0.1, 0.15) is 20.8 Å². The molecular formula is C21H30Cl2NSiTi. The van der Waals surface area contributed by atoms with Crippen LogP contribution in [-0.2, 0) is 21.7 Å². The van der Waals surface area contributed by atoms with Gasteiger partial charge in [0.15, 0.2) is 0 Å². The molecule has 0 unspecified atom stereocenters. The molecule has 141 valence electrons. The minimum absolute atomic E-state index is 0. The first-order valence-corrected chi connectivity index (χ1v) is 9.73. The summed E-state index contributed by atoms with van der Waals surface area (Å²) in [6, 6.07) is 27.2. The molecule has 0 saturated carbocycles. The monoisotopic (exact) mass is 442 g/mol. The van der Waals surface area contributed by atoms with Crippen LogP contribution in [-0.4, -0.2) is 15.1 Å². The molecule has 3 aromatic carbocycles. The number of rotatable bonds is 0. The van der Waals surface area contributed by atoms with Crippen LogP contribution in [0.2, 0.25) is 13.1 Å². The van der Waals surface area contributed by atoms with Gasteiger partial charge in [0.1, 0.15) is 0 Å². The molecule has 0 bridgehead atoms. The first-order chi connectivity index (χ1) is 10.9. The molecule has 0 atom stereocenters. The zero-order valence-corrected chi connectivity index (χ0v) is 20.4. The minimum atomic E-state index is -0.250. The number of hydrogen-bond donors (Lipinski definition) is 0. The SMILES string of the molecule is CC(C)(C)[NH-].C[Si]C.Cl.Cl.[Ti+3].[c-]1ccccc1.c1ccc2[cH-]ccc2c1. The Morgan fingerprint density at radius 3 is 1.69 bits per heavy atom. The van der Waals surface area contributed by atoms with Crippen molar-refractivity contribution in [2.24, 2.45) is 0 Å². The van der Waals surface area contributed by atoms with Crippen LogP contribution in [0.3, 0.4) is 0 Å². The van der Waals surface area contributed by atoms with Gasteiger partial charge in [-0.2, -0.15) is 53.9 Å². The number of nitrogens with one attached hydrogen (secondary N) is 1. The molecule has 3 rings (SSSR count). The van der Waals surface area contributed by atoms with Crippen molar-refractivity contribution in [1.82, 2.24) is 0 Å². The molecule has 1 nitrogen and oxygen atoms in total. The molecule has 0 saturated heterocycles. The third-order valence-corrected chi connectivity index (χ3v) is 2.15. The van der Waals surface area contributed by atoms with Gasteiger partial charge in [-0.25, -0.2) is 0 Å². The normalized spacial score (nSPS) is 8.38. The summed E-state index contributed by atoms with van der Waals surface area (Å²) in [6.45, 7) is 9.87. The summed E-state index contributed by atoms with van der Waals surface area (Å²) in [5.41, 5.74) is 6.69. The van der Waals surface area contributed by atoms with Gasteiger partial charge in [0, 0.05) is 9.52 Å². The maximum Gasteiger partial charge on any atom is 3.00 e. The van der Waals surface area contributed by atoms with Crippen LogP contribution in [0.25, 0.3) is 16.5 Å². The second-order valence-corrected chi connectivity index (χ2v) is 6.98. The summed E-state index contributed by atoms with van der Waals surface area (Å²) in [4.78, 5) is 0. The van der Waals surface area contributed by atoms with Crippen molar-refractivity contribution in [2.45, 2.75) is 39.4 Å². The Hall–Kier alpha value is -0.479. The van der Waals surface area contributed by atoms with Gasteiger partial charge in [-0.3, -0.25) is 0 Å². The van der Waals surface area contributed by atoms with E-state index in [1.165, 1.54) is 10.8 Å². The maximum absolute atomic E-state index is 6.94. The molecule has 0 aliphatic rings. The van der Waals surface area contributed by atoms with Crippen LogP contribution < -0.4 is 0 Å². The molecule has 26 heavy (non-hydrogen) atoms. The second-order valence-electron chi connectivity index (χ2n) is 5.98. The van der Waals surface area contributed by atoms with Crippen molar-refractivity contribution in [2.75, 3.05) is 0 Å². The first kappa shape index (κ1) is 33.1. The Morgan fingerprint density at radius 2 is 1.35 bits per heavy atom. The average molecular weight is 443 g/mol. The van der Waals surface area contributed by atoms with Crippen molar-refractivity contribution >= 4 is 45.1 Å². The Balaban J connectivity index is -0.000000128. The van der Waals surface area contributed by atoms with Crippen LogP contribution in [0, 0.1) is 6.07 Å². The van der Waals surface area contributed by atoms with E-state index in [-0.39, 0.29) is 52.1 Å². The molecule has 0 fully saturated rings. The summed E-state index contributed by atoms with van der Waals surface area (Å²) in [5.74, 6) is 0. The smallest absolute Gasteiger partial charge is 0.673 e. The zero-order valence-electron chi connectivity index (χ0n) is 16.2. The third kappa shape index (κ3) is 23.5. The van der Waals surface area contributed by atoms with E-state index >= 15 is 0 Å². The van der Waals surface area contributed by atoms with Gasteiger partial charge in [0.25, 0.3) is 0 Å². The Bertz CT molecular complexity index is 547. The van der Waals surface area contributed by atoms with Crippen LogP contribution >= 0.6 is 24.8 Å². The minimum Gasteiger partial charge on any atom is -0.673 e. The molecule has 3 aromatic rings. The fraction of sp³-hybridized carbons (Fsp3) is 0.286. The predicted molar refractivity (Wildman–Crippen MR) is 121 cm³/mol. The molecule has 0 aromatic heterocycles. The molecular weight excluding hydrogens is 413 g/mol. The number of hydrogen-bond acceptors (Lipinski definition) is 0. The molecule has 1 N–H and O–H groups in total. The van der Waals surface area contributed by atoms with E-state index in [2.05, 4.69) is 61.6 Å². The summed E-state index contributed by atoms with van der Waals surface area (Å²) in [6.07, 6.45) is 0. The van der Waals surface area contributed by atoms with Crippen LogP contribution in [0.15, 0.2) is 72.8 Å². The van der Waals surface area contributed by atoms with Gasteiger partial charge in [0.05, 0.1) is 0 Å². The zero-order chi connectivity index (χ0) is 17.6. The van der Waals surface area contributed by atoms with Gasteiger partial charge in [-0.05, 0) is 0 Å². The largest absolute Gasteiger partial charge is 3.00 e. The topological polar surface area (TPSA) is 23.8 Å². The van der Waals surface area contributed by atoms with E-state index in [1.54, 1.807) is 0 Å². The molecule has 0 aliphatic carbocycles. The standard InChI is InChI=1S/C9H7.C6H5.C4H10N.C2H6Si.2ClH.Ti/c1-2-5-9-7-3-6-8(9)4-1;1-2-4-6-5-3-1;1-4(2,3)5;1-3-2;;;/h1-7H;1-5H;5H,1-3H3;1-2H3;2*1H;/q3*-1;;;;+3. The fourth-order valence-corrected chi connectivity index (χ4v) is 1.41. The fourth-order valence-electron chi connectivity index (χ4n) is 1.41. The van der Waals surface area contributed by atoms with Gasteiger partial charge < -0.3 is 5.73 Å². The van der Waals surface area contributed by atoms with E-state index in [1.807, 2.05) is 51.1 Å². The molecule has 0 spiro atoms. The molecule has 5 heteroatoms. The molecule has 0 aliphatic heterocycles. The van der Waals surface area contributed by atoms with Crippen molar-refractivity contribution in [1.29, 1.82) is 0 Å². The third-order valence-electron chi connectivity index (χ3n) is 2.15. The first-order valence-electron chi connectivity index (χ1n) is 7.73. The van der Waals surface area contributed by atoms with Gasteiger partial charge in [-0.15, -0.1) is 60.0 Å². The summed E-state index contributed by atoms with van der Waals surface area (Å²) < 4.78 is 0. The molecule has 3 radical (unpaired) electrons. The predicted octanol–water partition coefficient (Wildman–Crippen LogP) is 7.51. The second kappa shape index (κ2) is 20.8. The molecule has 0 amide bonds. The number of benzene rings is 2. The van der Waals surface area contributed by atoms with E-state index in [0.29, 0.717) is 0 Å². The van der Waals surface area contributed by atoms with Gasteiger partial charge >= 0.3 is 21.7 Å². The molecule has 0 heterocycles. The van der Waals surface area contributed by atoms with E-state index in [9.17, 15) is 0 Å². The summed E-state index contributed by atoms with van der Waals surface area (Å²) in [5, 5.41) is 2.66. The van der Waals surface area contributed by atoms with Crippen molar-refractivity contribution in [3.63, 3.8) is 0 Å². The maximum atomic E-state index is 6.94. The quantitative estimate of drug-likeness (QED) is 0.254. The van der Waals surface area contributed by atoms with Crippen molar-refractivity contribution < 1.29 is 21.7 Å². The summed E-state index contributed by atoms with van der Waals surface area (Å²) in [7, 11) is 1.08. The van der Waals surface area contributed by atoms with E-state index in [0.717, 1.165) is 9.52 Å². The van der Waals surface area contributed by atoms with Crippen molar-refractivity contribution in [3.05, 3.63) is 84.6 Å². The van der Waals surface area contributed by atoms with Crippen LogP contribution in [0.4, 0.5) is 0 Å². The van der Waals surface area contributed by atoms with Crippen LogP contribution in [0.5, 0.6) is 0 Å². The van der Waals surface area contributed by atoms with Crippen molar-refractivity contribution in [3.8, 4) is 0 Å². The van der Waals surface area contributed by atoms with Gasteiger partial charge in [-0.1, -0.05) is 39.9 Å².